The maximum atomic E-state index is 11.9. The van der Waals surface area contributed by atoms with Gasteiger partial charge in [0.25, 0.3) is 0 Å². The van der Waals surface area contributed by atoms with Gasteiger partial charge in [0.2, 0.25) is 0 Å². The molecule has 0 saturated carbocycles. The van der Waals surface area contributed by atoms with Crippen LogP contribution in [0.25, 0.3) is 10.9 Å². The summed E-state index contributed by atoms with van der Waals surface area (Å²) in [5.74, 6) is -0.333. The number of hydrogen-bond donors (Lipinski definition) is 1. The highest BCUT2D eigenvalue weighted by atomic mass is 35.5. The van der Waals surface area contributed by atoms with Crippen LogP contribution in [-0.4, -0.2) is 11.0 Å². The first kappa shape index (κ1) is 14.2. The zero-order chi connectivity index (χ0) is 13.1. The van der Waals surface area contributed by atoms with Crippen molar-refractivity contribution < 1.29 is 9.53 Å². The van der Waals surface area contributed by atoms with Crippen LogP contribution in [0.15, 0.2) is 60.7 Å². The van der Waals surface area contributed by atoms with Gasteiger partial charge in [-0.3, -0.25) is 0 Å². The number of halogens is 1. The third kappa shape index (κ3) is 3.00. The van der Waals surface area contributed by atoms with E-state index in [2.05, 4.69) is 4.98 Å². The lowest BCUT2D eigenvalue weighted by Crippen LogP contribution is -2.05. The van der Waals surface area contributed by atoms with Crippen molar-refractivity contribution in [2.24, 2.45) is 0 Å². The zero-order valence-electron chi connectivity index (χ0n) is 10.7. The number of hydrogen-bond acceptors (Lipinski definition) is 2. The van der Waals surface area contributed by atoms with E-state index in [-0.39, 0.29) is 25.0 Å². The fourth-order valence-electron chi connectivity index (χ4n) is 1.98. The highest BCUT2D eigenvalue weighted by Gasteiger charge is 2.10. The van der Waals surface area contributed by atoms with E-state index in [9.17, 15) is 4.79 Å². The molecule has 0 aliphatic carbocycles. The monoisotopic (exact) mass is 287 g/mol. The molecule has 4 heteroatoms. The third-order valence-corrected chi connectivity index (χ3v) is 2.96. The lowest BCUT2D eigenvalue weighted by molar-refractivity contribution is 0.0467. The molecule has 1 heterocycles. The van der Waals surface area contributed by atoms with Gasteiger partial charge in [-0.15, -0.1) is 12.4 Å². The molecule has 0 spiro atoms. The Bertz CT molecular complexity index is 674. The lowest BCUT2D eigenvalue weighted by atomic mass is 10.2. The largest absolute Gasteiger partial charge is 0.456 e. The number of carbonyl (C=O) groups excluding carboxylic acids is 1. The van der Waals surface area contributed by atoms with E-state index in [0.717, 1.165) is 16.5 Å². The number of esters is 1. The Morgan fingerprint density at radius 3 is 2.45 bits per heavy atom. The van der Waals surface area contributed by atoms with Crippen molar-refractivity contribution >= 4 is 29.3 Å². The molecular formula is C16H14ClNO2. The number of fused-ring (bicyclic) bond motifs is 1. The summed E-state index contributed by atoms with van der Waals surface area (Å²) < 4.78 is 5.27. The number of ether oxygens (including phenoxy) is 1. The molecule has 3 aromatic rings. The molecule has 0 radical (unpaired) electrons. The predicted octanol–water partition coefficient (Wildman–Crippen LogP) is 3.95. The van der Waals surface area contributed by atoms with Crippen molar-refractivity contribution in [3.63, 3.8) is 0 Å². The third-order valence-electron chi connectivity index (χ3n) is 2.96. The summed E-state index contributed by atoms with van der Waals surface area (Å²) in [7, 11) is 0. The topological polar surface area (TPSA) is 42.1 Å². The van der Waals surface area contributed by atoms with Gasteiger partial charge in [-0.2, -0.15) is 0 Å². The number of H-pyrrole nitrogens is 1. The molecular weight excluding hydrogens is 274 g/mol. The molecule has 102 valence electrons. The Morgan fingerprint density at radius 1 is 1.00 bits per heavy atom. The molecule has 1 aromatic heterocycles. The van der Waals surface area contributed by atoms with Crippen molar-refractivity contribution in [1.29, 1.82) is 0 Å². The number of para-hydroxylation sites is 1. The molecule has 3 rings (SSSR count). The van der Waals surface area contributed by atoms with Gasteiger partial charge in [0, 0.05) is 10.9 Å². The van der Waals surface area contributed by atoms with E-state index in [1.54, 1.807) is 0 Å². The van der Waals surface area contributed by atoms with Crippen LogP contribution in [0.1, 0.15) is 16.1 Å². The Hall–Kier alpha value is -2.26. The molecule has 2 aromatic carbocycles. The van der Waals surface area contributed by atoms with E-state index in [1.807, 2.05) is 60.7 Å². The van der Waals surface area contributed by atoms with E-state index < -0.39 is 0 Å². The van der Waals surface area contributed by atoms with Crippen LogP contribution in [0.2, 0.25) is 0 Å². The first-order valence-electron chi connectivity index (χ1n) is 6.12. The molecule has 3 nitrogen and oxygen atoms in total. The number of benzene rings is 2. The van der Waals surface area contributed by atoms with Crippen LogP contribution in [-0.2, 0) is 11.3 Å². The number of rotatable bonds is 3. The summed E-state index contributed by atoms with van der Waals surface area (Å²) in [4.78, 5) is 15.0. The quantitative estimate of drug-likeness (QED) is 0.741. The second-order valence-electron chi connectivity index (χ2n) is 4.33. The van der Waals surface area contributed by atoms with Gasteiger partial charge in [-0.1, -0.05) is 48.5 Å². The van der Waals surface area contributed by atoms with Gasteiger partial charge in [0.15, 0.2) is 0 Å². The van der Waals surface area contributed by atoms with Crippen LogP contribution >= 0.6 is 12.4 Å². The van der Waals surface area contributed by atoms with E-state index in [0.29, 0.717) is 5.69 Å². The molecule has 20 heavy (non-hydrogen) atoms. The van der Waals surface area contributed by atoms with Crippen LogP contribution in [0, 0.1) is 0 Å². The van der Waals surface area contributed by atoms with E-state index >= 15 is 0 Å². The van der Waals surface area contributed by atoms with Crippen molar-refractivity contribution in [3.8, 4) is 0 Å². The number of aromatic amines is 1. The minimum Gasteiger partial charge on any atom is -0.456 e. The molecule has 0 atom stereocenters. The molecule has 0 bridgehead atoms. The van der Waals surface area contributed by atoms with Crippen LogP contribution in [0.3, 0.4) is 0 Å². The van der Waals surface area contributed by atoms with Crippen molar-refractivity contribution in [2.45, 2.75) is 6.61 Å². The van der Waals surface area contributed by atoms with Crippen LogP contribution in [0.5, 0.6) is 0 Å². The number of aromatic nitrogens is 1. The van der Waals surface area contributed by atoms with Gasteiger partial charge < -0.3 is 9.72 Å². The second kappa shape index (κ2) is 6.26. The second-order valence-corrected chi connectivity index (χ2v) is 4.33. The van der Waals surface area contributed by atoms with E-state index in [4.69, 9.17) is 4.74 Å². The summed E-state index contributed by atoms with van der Waals surface area (Å²) in [6, 6.07) is 19.2. The van der Waals surface area contributed by atoms with E-state index in [1.165, 1.54) is 0 Å². The smallest absolute Gasteiger partial charge is 0.355 e. The van der Waals surface area contributed by atoms with Crippen molar-refractivity contribution in [1.82, 2.24) is 4.98 Å². The maximum absolute atomic E-state index is 11.9. The van der Waals surface area contributed by atoms with Gasteiger partial charge in [0.1, 0.15) is 12.3 Å². The lowest BCUT2D eigenvalue weighted by Gasteiger charge is -2.02. The first-order chi connectivity index (χ1) is 9.33. The Balaban J connectivity index is 0.00000147. The Labute approximate surface area is 123 Å². The fourth-order valence-corrected chi connectivity index (χ4v) is 1.98. The standard InChI is InChI=1S/C16H13NO2.ClH/c18-16(19-11-12-6-2-1-3-7-12)15-10-13-8-4-5-9-14(13)17-15;/h1-10,17H,11H2;1H. The number of nitrogens with one attached hydrogen (secondary N) is 1. The molecule has 0 aliphatic rings. The van der Waals surface area contributed by atoms with Gasteiger partial charge >= 0.3 is 5.97 Å². The van der Waals surface area contributed by atoms with Crippen LogP contribution < -0.4 is 0 Å². The molecule has 1 N–H and O–H groups in total. The molecule has 0 amide bonds. The average molecular weight is 288 g/mol. The Morgan fingerprint density at radius 2 is 1.70 bits per heavy atom. The van der Waals surface area contributed by atoms with Crippen molar-refractivity contribution in [2.75, 3.05) is 0 Å². The minimum atomic E-state index is -0.333. The fraction of sp³-hybridized carbons (Fsp3) is 0.0625. The zero-order valence-corrected chi connectivity index (χ0v) is 11.5. The predicted molar refractivity (Wildman–Crippen MR) is 81.1 cm³/mol. The molecule has 0 unspecified atom stereocenters. The molecule has 0 fully saturated rings. The molecule has 0 aliphatic heterocycles. The summed E-state index contributed by atoms with van der Waals surface area (Å²) in [6.45, 7) is 0.287. The minimum absolute atomic E-state index is 0. The highest BCUT2D eigenvalue weighted by Crippen LogP contribution is 2.15. The number of carbonyl (C=O) groups is 1. The summed E-state index contributed by atoms with van der Waals surface area (Å²) in [6.07, 6.45) is 0. The summed E-state index contributed by atoms with van der Waals surface area (Å²) in [5.41, 5.74) is 2.40. The molecule has 0 saturated heterocycles. The summed E-state index contributed by atoms with van der Waals surface area (Å²) in [5, 5.41) is 1.01. The first-order valence-corrected chi connectivity index (χ1v) is 6.12. The van der Waals surface area contributed by atoms with Crippen molar-refractivity contribution in [3.05, 3.63) is 71.9 Å². The Kier molecular flexibility index (Phi) is 4.43. The van der Waals surface area contributed by atoms with Gasteiger partial charge in [-0.25, -0.2) is 4.79 Å². The SMILES string of the molecule is Cl.O=C(OCc1ccccc1)c1cc2ccccc2[nH]1. The summed E-state index contributed by atoms with van der Waals surface area (Å²) >= 11 is 0. The van der Waals surface area contributed by atoms with Gasteiger partial charge in [0.05, 0.1) is 0 Å². The highest BCUT2D eigenvalue weighted by molar-refractivity contribution is 5.94. The average Bonchev–Trinajstić information content (AvgIpc) is 2.90. The normalized spacial score (nSPS) is 10.0. The van der Waals surface area contributed by atoms with Crippen LogP contribution in [0.4, 0.5) is 0 Å². The van der Waals surface area contributed by atoms with Gasteiger partial charge in [-0.05, 0) is 17.7 Å². The maximum Gasteiger partial charge on any atom is 0.355 e.